The predicted octanol–water partition coefficient (Wildman–Crippen LogP) is 1.91. The molecule has 2 rings (SSSR count). The summed E-state index contributed by atoms with van der Waals surface area (Å²) in [6.45, 7) is 1.79. The number of halogens is 1. The van der Waals surface area contributed by atoms with Crippen molar-refractivity contribution in [2.24, 2.45) is 5.84 Å². The summed E-state index contributed by atoms with van der Waals surface area (Å²) in [7, 11) is 0. The SMILES string of the molecule is Cc1cc(F)ccc1OCc1occc1C(=O)NN. The van der Waals surface area contributed by atoms with E-state index in [1.165, 1.54) is 30.5 Å². The fourth-order valence-corrected chi connectivity index (χ4v) is 1.65. The van der Waals surface area contributed by atoms with Gasteiger partial charge in [0.1, 0.15) is 18.2 Å². The zero-order chi connectivity index (χ0) is 13.8. The number of hydrogen-bond acceptors (Lipinski definition) is 4. The van der Waals surface area contributed by atoms with Crippen LogP contribution in [-0.4, -0.2) is 5.91 Å². The van der Waals surface area contributed by atoms with Crippen LogP contribution >= 0.6 is 0 Å². The van der Waals surface area contributed by atoms with Gasteiger partial charge in [0.05, 0.1) is 11.8 Å². The van der Waals surface area contributed by atoms with E-state index in [2.05, 4.69) is 0 Å². The van der Waals surface area contributed by atoms with Gasteiger partial charge in [-0.1, -0.05) is 0 Å². The predicted molar refractivity (Wildman–Crippen MR) is 65.8 cm³/mol. The molecular formula is C13H13FN2O3. The van der Waals surface area contributed by atoms with Gasteiger partial charge in [0, 0.05) is 0 Å². The number of carbonyl (C=O) groups excluding carboxylic acids is 1. The zero-order valence-corrected chi connectivity index (χ0v) is 10.3. The van der Waals surface area contributed by atoms with Crippen molar-refractivity contribution in [1.82, 2.24) is 5.43 Å². The van der Waals surface area contributed by atoms with E-state index >= 15 is 0 Å². The zero-order valence-electron chi connectivity index (χ0n) is 10.3. The fourth-order valence-electron chi connectivity index (χ4n) is 1.65. The Hall–Kier alpha value is -2.34. The van der Waals surface area contributed by atoms with Crippen molar-refractivity contribution >= 4 is 5.91 Å². The van der Waals surface area contributed by atoms with Crippen molar-refractivity contribution in [2.75, 3.05) is 0 Å². The number of aryl methyl sites for hydroxylation is 1. The van der Waals surface area contributed by atoms with E-state index in [1.54, 1.807) is 6.92 Å². The minimum Gasteiger partial charge on any atom is -0.485 e. The van der Waals surface area contributed by atoms with Crippen LogP contribution in [0.3, 0.4) is 0 Å². The van der Waals surface area contributed by atoms with Gasteiger partial charge in [-0.3, -0.25) is 10.2 Å². The van der Waals surface area contributed by atoms with Gasteiger partial charge in [-0.25, -0.2) is 10.2 Å². The number of hydrazine groups is 1. The lowest BCUT2D eigenvalue weighted by Gasteiger charge is -2.08. The van der Waals surface area contributed by atoms with Gasteiger partial charge in [0.25, 0.3) is 5.91 Å². The van der Waals surface area contributed by atoms with Crippen LogP contribution in [0.15, 0.2) is 34.9 Å². The molecule has 1 heterocycles. The van der Waals surface area contributed by atoms with E-state index in [-0.39, 0.29) is 12.4 Å². The largest absolute Gasteiger partial charge is 0.485 e. The normalized spacial score (nSPS) is 10.3. The van der Waals surface area contributed by atoms with Crippen LogP contribution in [-0.2, 0) is 6.61 Å². The molecule has 1 aromatic heterocycles. The summed E-state index contributed by atoms with van der Waals surface area (Å²) in [6, 6.07) is 5.69. The average Bonchev–Trinajstić information content (AvgIpc) is 2.85. The maximum Gasteiger partial charge on any atom is 0.268 e. The molecule has 2 aromatic rings. The number of nitrogens with two attached hydrogens (primary N) is 1. The number of rotatable bonds is 4. The van der Waals surface area contributed by atoms with E-state index in [4.69, 9.17) is 15.0 Å². The molecule has 0 spiro atoms. The molecule has 0 saturated heterocycles. The molecule has 0 radical (unpaired) electrons. The molecule has 0 fully saturated rings. The van der Waals surface area contributed by atoms with Crippen molar-refractivity contribution in [3.05, 3.63) is 53.2 Å². The first-order valence-electron chi connectivity index (χ1n) is 5.58. The van der Waals surface area contributed by atoms with E-state index in [1.807, 2.05) is 5.43 Å². The Morgan fingerprint density at radius 1 is 1.47 bits per heavy atom. The van der Waals surface area contributed by atoms with Crippen LogP contribution in [0.5, 0.6) is 5.75 Å². The highest BCUT2D eigenvalue weighted by molar-refractivity contribution is 5.94. The van der Waals surface area contributed by atoms with Crippen LogP contribution in [0.1, 0.15) is 21.7 Å². The van der Waals surface area contributed by atoms with Crippen LogP contribution in [0.25, 0.3) is 0 Å². The number of furan rings is 1. The quantitative estimate of drug-likeness (QED) is 0.502. The van der Waals surface area contributed by atoms with Crippen molar-refractivity contribution in [1.29, 1.82) is 0 Å². The molecule has 100 valence electrons. The minimum absolute atomic E-state index is 0.0578. The minimum atomic E-state index is -0.455. The Kier molecular flexibility index (Phi) is 3.82. The first-order valence-corrected chi connectivity index (χ1v) is 5.58. The van der Waals surface area contributed by atoms with Crippen LogP contribution < -0.4 is 16.0 Å². The first kappa shape index (κ1) is 13.1. The fraction of sp³-hybridized carbons (Fsp3) is 0.154. The van der Waals surface area contributed by atoms with E-state index < -0.39 is 5.91 Å². The summed E-state index contributed by atoms with van der Waals surface area (Å²) in [5, 5.41) is 0. The summed E-state index contributed by atoms with van der Waals surface area (Å²) in [5.41, 5.74) is 2.99. The Morgan fingerprint density at radius 2 is 2.26 bits per heavy atom. The summed E-state index contributed by atoms with van der Waals surface area (Å²) in [4.78, 5) is 11.4. The van der Waals surface area contributed by atoms with Crippen LogP contribution in [0.4, 0.5) is 4.39 Å². The van der Waals surface area contributed by atoms with Crippen molar-refractivity contribution in [3.63, 3.8) is 0 Å². The average molecular weight is 264 g/mol. The number of carbonyl (C=O) groups is 1. The lowest BCUT2D eigenvalue weighted by atomic mass is 10.2. The number of nitrogens with one attached hydrogen (secondary N) is 1. The molecule has 1 amide bonds. The molecule has 1 aromatic carbocycles. The number of amides is 1. The second-order valence-corrected chi connectivity index (χ2v) is 3.93. The second-order valence-electron chi connectivity index (χ2n) is 3.93. The Labute approximate surface area is 109 Å². The van der Waals surface area contributed by atoms with Gasteiger partial charge in [0.15, 0.2) is 5.76 Å². The third-order valence-electron chi connectivity index (χ3n) is 2.62. The maximum absolute atomic E-state index is 12.9. The smallest absolute Gasteiger partial charge is 0.268 e. The molecule has 6 heteroatoms. The first-order chi connectivity index (χ1) is 9.11. The van der Waals surface area contributed by atoms with Crippen molar-refractivity contribution in [3.8, 4) is 5.75 Å². The molecule has 3 N–H and O–H groups in total. The third kappa shape index (κ3) is 2.92. The van der Waals surface area contributed by atoms with Crippen molar-refractivity contribution < 1.29 is 18.3 Å². The highest BCUT2D eigenvalue weighted by Gasteiger charge is 2.14. The van der Waals surface area contributed by atoms with E-state index in [0.29, 0.717) is 22.6 Å². The number of ether oxygens (including phenoxy) is 1. The number of hydrogen-bond donors (Lipinski definition) is 2. The molecular weight excluding hydrogens is 251 g/mol. The molecule has 0 unspecified atom stereocenters. The van der Waals surface area contributed by atoms with Crippen LogP contribution in [0.2, 0.25) is 0 Å². The molecule has 0 aliphatic heterocycles. The topological polar surface area (TPSA) is 77.5 Å². The summed E-state index contributed by atoms with van der Waals surface area (Å²) in [6.07, 6.45) is 1.38. The summed E-state index contributed by atoms with van der Waals surface area (Å²) in [5.74, 6) is 5.15. The standard InChI is InChI=1S/C13H13FN2O3/c1-8-6-9(14)2-3-11(8)19-7-12-10(4-5-18-12)13(17)16-15/h2-6H,7,15H2,1H3,(H,16,17). The molecule has 0 saturated carbocycles. The van der Waals surface area contributed by atoms with Crippen LogP contribution in [0, 0.1) is 12.7 Å². The van der Waals surface area contributed by atoms with Gasteiger partial charge in [-0.15, -0.1) is 0 Å². The van der Waals surface area contributed by atoms with Gasteiger partial charge in [-0.2, -0.15) is 0 Å². The van der Waals surface area contributed by atoms with E-state index in [9.17, 15) is 9.18 Å². The van der Waals surface area contributed by atoms with Gasteiger partial charge < -0.3 is 9.15 Å². The molecule has 5 nitrogen and oxygen atoms in total. The molecule has 0 atom stereocenters. The van der Waals surface area contributed by atoms with Gasteiger partial charge >= 0.3 is 0 Å². The molecule has 0 aliphatic carbocycles. The molecule has 0 aliphatic rings. The lowest BCUT2D eigenvalue weighted by Crippen LogP contribution is -2.30. The summed E-state index contributed by atoms with van der Waals surface area (Å²) < 4.78 is 23.6. The molecule has 19 heavy (non-hydrogen) atoms. The highest BCUT2D eigenvalue weighted by atomic mass is 19.1. The third-order valence-corrected chi connectivity index (χ3v) is 2.62. The van der Waals surface area contributed by atoms with Gasteiger partial charge in [-0.05, 0) is 36.8 Å². The Bertz CT molecular complexity index is 595. The lowest BCUT2D eigenvalue weighted by molar-refractivity contribution is 0.0949. The maximum atomic E-state index is 12.9. The van der Waals surface area contributed by atoms with E-state index in [0.717, 1.165) is 0 Å². The summed E-state index contributed by atoms with van der Waals surface area (Å²) >= 11 is 0. The monoisotopic (exact) mass is 264 g/mol. The second kappa shape index (κ2) is 5.53. The van der Waals surface area contributed by atoms with Crippen molar-refractivity contribution in [2.45, 2.75) is 13.5 Å². The highest BCUT2D eigenvalue weighted by Crippen LogP contribution is 2.21. The number of benzene rings is 1. The molecule has 0 bridgehead atoms. The number of nitrogen functional groups attached to an aromatic ring is 1. The van der Waals surface area contributed by atoms with Gasteiger partial charge in [0.2, 0.25) is 0 Å². The Morgan fingerprint density at radius 3 is 2.95 bits per heavy atom. The Balaban J connectivity index is 2.10.